The maximum absolute atomic E-state index is 14.5. The van der Waals surface area contributed by atoms with E-state index < -0.39 is 0 Å². The van der Waals surface area contributed by atoms with Crippen LogP contribution in [-0.2, 0) is 19.6 Å². The monoisotopic (exact) mass is 416 g/mol. The number of halogens is 1. The van der Waals surface area contributed by atoms with Crippen LogP contribution in [0.5, 0.6) is 5.75 Å². The second kappa shape index (κ2) is 7.66. The van der Waals surface area contributed by atoms with E-state index in [1.165, 1.54) is 6.07 Å². The molecule has 154 valence electrons. The highest BCUT2D eigenvalue weighted by Gasteiger charge is 2.20. The van der Waals surface area contributed by atoms with Crippen molar-refractivity contribution in [3.63, 3.8) is 0 Å². The summed E-state index contributed by atoms with van der Waals surface area (Å²) in [6.07, 6.45) is 5.50. The number of ether oxygens (including phenoxy) is 1. The van der Waals surface area contributed by atoms with Gasteiger partial charge in [0.1, 0.15) is 17.6 Å². The van der Waals surface area contributed by atoms with E-state index in [1.54, 1.807) is 35.1 Å². The average Bonchev–Trinajstić information content (AvgIpc) is 3.45. The summed E-state index contributed by atoms with van der Waals surface area (Å²) in [4.78, 5) is 13.1. The van der Waals surface area contributed by atoms with Crippen molar-refractivity contribution in [1.82, 2.24) is 19.4 Å². The van der Waals surface area contributed by atoms with E-state index in [0.717, 1.165) is 11.1 Å². The minimum atomic E-state index is -0.303. The molecule has 0 atom stereocenters. The lowest BCUT2D eigenvalue weighted by atomic mass is 10.0. The quantitative estimate of drug-likeness (QED) is 0.515. The van der Waals surface area contributed by atoms with E-state index in [0.29, 0.717) is 47.2 Å². The maximum atomic E-state index is 14.5. The molecule has 0 unspecified atom stereocenters. The number of anilines is 1. The van der Waals surface area contributed by atoms with Crippen molar-refractivity contribution in [2.24, 2.45) is 0 Å². The molecule has 0 saturated heterocycles. The summed E-state index contributed by atoms with van der Waals surface area (Å²) >= 11 is 0. The van der Waals surface area contributed by atoms with Crippen LogP contribution < -0.4 is 10.1 Å². The average molecular weight is 416 g/mol. The predicted octanol–water partition coefficient (Wildman–Crippen LogP) is 2.84. The molecule has 1 aromatic carbocycles. The van der Waals surface area contributed by atoms with Crippen LogP contribution in [0.4, 0.5) is 10.3 Å². The van der Waals surface area contributed by atoms with Crippen molar-refractivity contribution >= 4 is 11.6 Å². The van der Waals surface area contributed by atoms with Gasteiger partial charge >= 0.3 is 0 Å². The molecule has 9 heteroatoms. The summed E-state index contributed by atoms with van der Waals surface area (Å²) in [5.74, 6) is 0.839. The molecule has 0 radical (unpaired) electrons. The number of imidazole rings is 1. The smallest absolute Gasteiger partial charge is 0.208 e. The van der Waals surface area contributed by atoms with Gasteiger partial charge in [0.25, 0.3) is 0 Å². The van der Waals surface area contributed by atoms with Crippen LogP contribution in [0.1, 0.15) is 22.5 Å². The van der Waals surface area contributed by atoms with Crippen molar-refractivity contribution in [2.75, 3.05) is 11.9 Å². The third-order valence-electron chi connectivity index (χ3n) is 5.27. The number of nitrogens with zero attached hydrogens (tertiary/aromatic N) is 5. The lowest BCUT2D eigenvalue weighted by Crippen LogP contribution is -2.09. The SMILES string of the molecule is N#Cc1cn2c(NCc3c(F)ccc4c3CCO4)ncc(-c3ccc(CO)nc3)c2n1. The lowest BCUT2D eigenvalue weighted by Gasteiger charge is -2.13. The molecule has 1 aliphatic rings. The highest BCUT2D eigenvalue weighted by atomic mass is 19.1. The van der Waals surface area contributed by atoms with Gasteiger partial charge in [-0.05, 0) is 18.2 Å². The zero-order valence-electron chi connectivity index (χ0n) is 16.3. The Morgan fingerprint density at radius 2 is 2.13 bits per heavy atom. The van der Waals surface area contributed by atoms with Crippen molar-refractivity contribution in [1.29, 1.82) is 5.26 Å². The Morgan fingerprint density at radius 1 is 1.23 bits per heavy atom. The number of aromatic nitrogens is 4. The molecule has 4 heterocycles. The van der Waals surface area contributed by atoms with Gasteiger partial charge in [-0.25, -0.2) is 14.4 Å². The minimum Gasteiger partial charge on any atom is -0.493 e. The van der Waals surface area contributed by atoms with Gasteiger partial charge in [0.15, 0.2) is 11.3 Å². The summed E-state index contributed by atoms with van der Waals surface area (Å²) < 4.78 is 21.7. The number of aliphatic hydroxyl groups is 1. The largest absolute Gasteiger partial charge is 0.493 e. The van der Waals surface area contributed by atoms with Crippen LogP contribution >= 0.6 is 0 Å². The fourth-order valence-corrected chi connectivity index (χ4v) is 3.72. The third-order valence-corrected chi connectivity index (χ3v) is 5.27. The summed E-state index contributed by atoms with van der Waals surface area (Å²) in [7, 11) is 0. The first-order chi connectivity index (χ1) is 15.2. The number of hydrogen-bond donors (Lipinski definition) is 2. The third kappa shape index (κ3) is 3.33. The molecule has 4 aromatic rings. The molecule has 3 aromatic heterocycles. The molecule has 0 saturated carbocycles. The molecule has 8 nitrogen and oxygen atoms in total. The van der Waals surface area contributed by atoms with Gasteiger partial charge in [-0.2, -0.15) is 5.26 Å². The molecule has 0 amide bonds. The topological polar surface area (TPSA) is 108 Å². The van der Waals surface area contributed by atoms with Crippen LogP contribution in [0.2, 0.25) is 0 Å². The minimum absolute atomic E-state index is 0.149. The predicted molar refractivity (Wildman–Crippen MR) is 110 cm³/mol. The Balaban J connectivity index is 1.53. The van der Waals surface area contributed by atoms with Gasteiger partial charge in [0.2, 0.25) is 5.95 Å². The van der Waals surface area contributed by atoms with Gasteiger partial charge in [-0.3, -0.25) is 9.38 Å². The summed E-state index contributed by atoms with van der Waals surface area (Å²) in [6, 6.07) is 8.63. The fraction of sp³-hybridized carbons (Fsp3) is 0.182. The van der Waals surface area contributed by atoms with Crippen LogP contribution in [0.3, 0.4) is 0 Å². The standard InChI is InChI=1S/C22H17FN6O2/c23-19-3-4-20-16(5-6-31-20)18(19)10-27-22-26-9-17(13-1-2-14(12-30)25-8-13)21-28-15(7-24)11-29(21)22/h1-4,8-9,11,30H,5-6,10,12H2,(H,26,27). The molecular weight excluding hydrogens is 399 g/mol. The number of nitrogens with one attached hydrogen (secondary N) is 1. The first kappa shape index (κ1) is 19.0. The van der Waals surface area contributed by atoms with Gasteiger partial charge < -0.3 is 15.2 Å². The fourth-order valence-electron chi connectivity index (χ4n) is 3.72. The van der Waals surface area contributed by atoms with Crippen molar-refractivity contribution in [3.05, 3.63) is 71.2 Å². The van der Waals surface area contributed by atoms with E-state index in [4.69, 9.17) is 4.74 Å². The van der Waals surface area contributed by atoms with Gasteiger partial charge in [0.05, 0.1) is 25.1 Å². The molecular formula is C22H17FN6O2. The number of nitriles is 1. The molecule has 0 aliphatic carbocycles. The van der Waals surface area contributed by atoms with Gasteiger partial charge in [0, 0.05) is 47.6 Å². The molecule has 0 bridgehead atoms. The zero-order chi connectivity index (χ0) is 21.4. The number of pyridine rings is 1. The number of rotatable bonds is 5. The zero-order valence-corrected chi connectivity index (χ0v) is 16.3. The van der Waals surface area contributed by atoms with E-state index in [-0.39, 0.29) is 24.7 Å². The second-order valence-electron chi connectivity index (χ2n) is 7.08. The van der Waals surface area contributed by atoms with Crippen LogP contribution in [0.25, 0.3) is 16.8 Å². The van der Waals surface area contributed by atoms with Gasteiger partial charge in [-0.1, -0.05) is 6.07 Å². The van der Waals surface area contributed by atoms with Crippen molar-refractivity contribution in [3.8, 4) is 22.9 Å². The molecule has 1 aliphatic heterocycles. The Kier molecular flexibility index (Phi) is 4.69. The summed E-state index contributed by atoms with van der Waals surface area (Å²) in [5, 5.41) is 21.7. The van der Waals surface area contributed by atoms with E-state index >= 15 is 0 Å². The Morgan fingerprint density at radius 3 is 2.90 bits per heavy atom. The number of benzene rings is 1. The Labute approximate surface area is 176 Å². The van der Waals surface area contributed by atoms with Crippen LogP contribution in [0, 0.1) is 17.1 Å². The van der Waals surface area contributed by atoms with Crippen LogP contribution in [0.15, 0.2) is 42.9 Å². The second-order valence-corrected chi connectivity index (χ2v) is 7.08. The molecule has 31 heavy (non-hydrogen) atoms. The highest BCUT2D eigenvalue weighted by molar-refractivity contribution is 5.78. The van der Waals surface area contributed by atoms with E-state index in [9.17, 15) is 14.8 Å². The molecule has 2 N–H and O–H groups in total. The van der Waals surface area contributed by atoms with Crippen molar-refractivity contribution in [2.45, 2.75) is 19.6 Å². The van der Waals surface area contributed by atoms with E-state index in [1.807, 2.05) is 12.1 Å². The first-order valence-corrected chi connectivity index (χ1v) is 9.69. The molecule has 5 rings (SSSR count). The molecule has 0 spiro atoms. The normalized spacial score (nSPS) is 12.4. The maximum Gasteiger partial charge on any atom is 0.208 e. The lowest BCUT2D eigenvalue weighted by molar-refractivity contribution is 0.277. The number of aliphatic hydroxyl groups excluding tert-OH is 1. The number of hydrogen-bond acceptors (Lipinski definition) is 7. The van der Waals surface area contributed by atoms with Crippen molar-refractivity contribution < 1.29 is 14.2 Å². The number of fused-ring (bicyclic) bond motifs is 2. The summed E-state index contributed by atoms with van der Waals surface area (Å²) in [6.45, 7) is 0.606. The van der Waals surface area contributed by atoms with Gasteiger partial charge in [-0.15, -0.1) is 0 Å². The molecule has 0 fully saturated rings. The Bertz CT molecular complexity index is 1330. The highest BCUT2D eigenvalue weighted by Crippen LogP contribution is 2.31. The van der Waals surface area contributed by atoms with E-state index in [2.05, 4.69) is 20.3 Å². The Hall–Kier alpha value is -4.03. The van der Waals surface area contributed by atoms with Crippen LogP contribution in [-0.4, -0.2) is 31.1 Å². The first-order valence-electron chi connectivity index (χ1n) is 9.69. The summed E-state index contributed by atoms with van der Waals surface area (Å²) in [5.41, 5.74) is 4.14.